The van der Waals surface area contributed by atoms with Crippen molar-refractivity contribution in [3.8, 4) is 0 Å². The van der Waals surface area contributed by atoms with Crippen LogP contribution >= 0.6 is 0 Å². The lowest BCUT2D eigenvalue weighted by Gasteiger charge is -2.35. The molecule has 1 atom stereocenters. The summed E-state index contributed by atoms with van der Waals surface area (Å²) in [7, 11) is 0. The normalized spacial score (nSPS) is 22.1. The third-order valence-corrected chi connectivity index (χ3v) is 4.64. The minimum atomic E-state index is -0.212. The Morgan fingerprint density at radius 2 is 1.85 bits per heavy atom. The molecule has 1 saturated carbocycles. The number of hydrogen-bond donors (Lipinski definition) is 2. The van der Waals surface area contributed by atoms with Crippen LogP contribution in [0.25, 0.3) is 0 Å². The van der Waals surface area contributed by atoms with E-state index in [0.29, 0.717) is 17.7 Å². The van der Waals surface area contributed by atoms with E-state index in [1.54, 1.807) is 0 Å². The second-order valence-electron chi connectivity index (χ2n) is 6.26. The average molecular weight is 276 g/mol. The van der Waals surface area contributed by atoms with E-state index < -0.39 is 0 Å². The van der Waals surface area contributed by atoms with Crippen LogP contribution < -0.4 is 10.6 Å². The van der Waals surface area contributed by atoms with Gasteiger partial charge in [0.15, 0.2) is 0 Å². The van der Waals surface area contributed by atoms with Gasteiger partial charge in [0.25, 0.3) is 0 Å². The van der Waals surface area contributed by atoms with E-state index in [1.807, 2.05) is 13.8 Å². The summed E-state index contributed by atoms with van der Waals surface area (Å²) in [6.07, 6.45) is 4.19. The van der Waals surface area contributed by atoms with Gasteiger partial charge in [-0.05, 0) is 45.4 Å². The standard InChI is InChI=1S/C15H24N4O/c1-9-13(16)17-14(12-3-4-12)18-15(9)19-7-5-11(6-8-19)10(2)20/h10-12,20H,3-8H2,1-2H3,(H2,16,17,18). The molecule has 1 aliphatic heterocycles. The second-order valence-corrected chi connectivity index (χ2v) is 6.26. The van der Waals surface area contributed by atoms with Crippen LogP contribution in [-0.4, -0.2) is 34.3 Å². The Morgan fingerprint density at radius 3 is 2.40 bits per heavy atom. The summed E-state index contributed by atoms with van der Waals surface area (Å²) in [5, 5.41) is 9.69. The van der Waals surface area contributed by atoms with Crippen molar-refractivity contribution in [2.24, 2.45) is 5.92 Å². The van der Waals surface area contributed by atoms with E-state index in [-0.39, 0.29) is 6.10 Å². The molecule has 2 heterocycles. The maximum absolute atomic E-state index is 9.69. The first-order valence-electron chi connectivity index (χ1n) is 7.63. The molecule has 3 rings (SSSR count). The number of aromatic nitrogens is 2. The lowest BCUT2D eigenvalue weighted by molar-refractivity contribution is 0.109. The van der Waals surface area contributed by atoms with Gasteiger partial charge < -0.3 is 15.7 Å². The van der Waals surface area contributed by atoms with Gasteiger partial charge in [-0.2, -0.15) is 0 Å². The maximum atomic E-state index is 9.69. The van der Waals surface area contributed by atoms with Gasteiger partial charge in [-0.1, -0.05) is 0 Å². The zero-order valence-electron chi connectivity index (χ0n) is 12.3. The summed E-state index contributed by atoms with van der Waals surface area (Å²) >= 11 is 0. The Hall–Kier alpha value is -1.36. The molecular formula is C15H24N4O. The van der Waals surface area contributed by atoms with E-state index in [4.69, 9.17) is 10.7 Å². The van der Waals surface area contributed by atoms with Crippen LogP contribution in [0.2, 0.25) is 0 Å². The summed E-state index contributed by atoms with van der Waals surface area (Å²) in [4.78, 5) is 11.5. The molecule has 0 aromatic carbocycles. The van der Waals surface area contributed by atoms with E-state index in [0.717, 1.165) is 43.1 Å². The largest absolute Gasteiger partial charge is 0.393 e. The van der Waals surface area contributed by atoms with E-state index >= 15 is 0 Å². The van der Waals surface area contributed by atoms with Gasteiger partial charge in [0.05, 0.1) is 6.10 Å². The van der Waals surface area contributed by atoms with Gasteiger partial charge in [0.1, 0.15) is 17.5 Å². The molecule has 1 saturated heterocycles. The van der Waals surface area contributed by atoms with Crippen molar-refractivity contribution in [1.82, 2.24) is 9.97 Å². The molecule has 0 radical (unpaired) electrons. The van der Waals surface area contributed by atoms with Crippen molar-refractivity contribution < 1.29 is 5.11 Å². The van der Waals surface area contributed by atoms with Crippen molar-refractivity contribution >= 4 is 11.6 Å². The average Bonchev–Trinajstić information content (AvgIpc) is 3.26. The Labute approximate surface area is 120 Å². The molecule has 2 fully saturated rings. The molecule has 1 aromatic heterocycles. The molecule has 0 amide bonds. The zero-order valence-corrected chi connectivity index (χ0v) is 12.3. The van der Waals surface area contributed by atoms with Gasteiger partial charge in [0, 0.05) is 24.6 Å². The SMILES string of the molecule is Cc1c(N)nc(C2CC2)nc1N1CCC(C(C)O)CC1. The minimum absolute atomic E-state index is 0.212. The van der Waals surface area contributed by atoms with Crippen molar-refractivity contribution in [3.63, 3.8) is 0 Å². The Kier molecular flexibility index (Phi) is 3.54. The smallest absolute Gasteiger partial charge is 0.137 e. The molecule has 0 bridgehead atoms. The number of aliphatic hydroxyl groups excluding tert-OH is 1. The van der Waals surface area contributed by atoms with Crippen LogP contribution in [0.4, 0.5) is 11.6 Å². The first kappa shape index (κ1) is 13.6. The predicted molar refractivity (Wildman–Crippen MR) is 79.8 cm³/mol. The van der Waals surface area contributed by atoms with Crippen molar-refractivity contribution in [1.29, 1.82) is 0 Å². The second kappa shape index (κ2) is 5.20. The number of anilines is 2. The van der Waals surface area contributed by atoms with Crippen LogP contribution in [0.15, 0.2) is 0 Å². The van der Waals surface area contributed by atoms with Crippen molar-refractivity contribution in [2.75, 3.05) is 23.7 Å². The summed E-state index contributed by atoms with van der Waals surface area (Å²) in [6, 6.07) is 0. The fraction of sp³-hybridized carbons (Fsp3) is 0.733. The summed E-state index contributed by atoms with van der Waals surface area (Å²) in [5.41, 5.74) is 7.04. The van der Waals surface area contributed by atoms with Crippen LogP contribution in [-0.2, 0) is 0 Å². The zero-order chi connectivity index (χ0) is 14.3. The minimum Gasteiger partial charge on any atom is -0.393 e. The first-order valence-corrected chi connectivity index (χ1v) is 7.63. The van der Waals surface area contributed by atoms with Crippen molar-refractivity contribution in [3.05, 3.63) is 11.4 Å². The lowest BCUT2D eigenvalue weighted by Crippen LogP contribution is -2.38. The molecular weight excluding hydrogens is 252 g/mol. The highest BCUT2D eigenvalue weighted by molar-refractivity contribution is 5.57. The number of piperidine rings is 1. The van der Waals surface area contributed by atoms with Gasteiger partial charge in [-0.25, -0.2) is 9.97 Å². The number of nitrogens with two attached hydrogens (primary N) is 1. The molecule has 5 nitrogen and oxygen atoms in total. The Balaban J connectivity index is 1.80. The summed E-state index contributed by atoms with van der Waals surface area (Å²) in [5.74, 6) is 3.47. The molecule has 110 valence electrons. The maximum Gasteiger partial charge on any atom is 0.137 e. The van der Waals surface area contributed by atoms with Gasteiger partial charge in [-0.3, -0.25) is 0 Å². The molecule has 1 aliphatic carbocycles. The first-order chi connectivity index (χ1) is 9.56. The van der Waals surface area contributed by atoms with Crippen LogP contribution in [0.5, 0.6) is 0 Å². The predicted octanol–water partition coefficient (Wildman–Crippen LogP) is 1.84. The fourth-order valence-electron chi connectivity index (χ4n) is 2.96. The molecule has 1 unspecified atom stereocenters. The number of nitrogens with zero attached hydrogens (tertiary/aromatic N) is 3. The highest BCUT2D eigenvalue weighted by Gasteiger charge is 2.30. The number of rotatable bonds is 3. The van der Waals surface area contributed by atoms with Crippen LogP contribution in [0, 0.1) is 12.8 Å². The number of nitrogen functional groups attached to an aromatic ring is 1. The molecule has 1 aromatic rings. The number of hydrogen-bond acceptors (Lipinski definition) is 5. The Bertz CT molecular complexity index is 491. The molecule has 0 spiro atoms. The summed E-state index contributed by atoms with van der Waals surface area (Å²) in [6.45, 7) is 5.77. The van der Waals surface area contributed by atoms with E-state index in [2.05, 4.69) is 9.88 Å². The van der Waals surface area contributed by atoms with Gasteiger partial charge in [0.2, 0.25) is 0 Å². The molecule has 5 heteroatoms. The third-order valence-electron chi connectivity index (χ3n) is 4.64. The number of aliphatic hydroxyl groups is 1. The molecule has 3 N–H and O–H groups in total. The highest BCUT2D eigenvalue weighted by Crippen LogP contribution is 2.40. The van der Waals surface area contributed by atoms with Crippen LogP contribution in [0.1, 0.15) is 49.9 Å². The quantitative estimate of drug-likeness (QED) is 0.881. The van der Waals surface area contributed by atoms with E-state index in [9.17, 15) is 5.11 Å². The fourth-order valence-corrected chi connectivity index (χ4v) is 2.96. The van der Waals surface area contributed by atoms with Crippen LogP contribution in [0.3, 0.4) is 0 Å². The summed E-state index contributed by atoms with van der Waals surface area (Å²) < 4.78 is 0. The Morgan fingerprint density at radius 1 is 1.20 bits per heavy atom. The third kappa shape index (κ3) is 2.59. The van der Waals surface area contributed by atoms with Gasteiger partial charge in [-0.15, -0.1) is 0 Å². The lowest BCUT2D eigenvalue weighted by atomic mass is 9.92. The molecule has 2 aliphatic rings. The highest BCUT2D eigenvalue weighted by atomic mass is 16.3. The van der Waals surface area contributed by atoms with Crippen molar-refractivity contribution in [2.45, 2.75) is 51.6 Å². The monoisotopic (exact) mass is 276 g/mol. The van der Waals surface area contributed by atoms with Gasteiger partial charge >= 0.3 is 0 Å². The van der Waals surface area contributed by atoms with E-state index in [1.165, 1.54) is 12.8 Å². The topological polar surface area (TPSA) is 75.3 Å². The molecule has 20 heavy (non-hydrogen) atoms.